The normalized spacial score (nSPS) is 23.2. The van der Waals surface area contributed by atoms with E-state index >= 15 is 0 Å². The van der Waals surface area contributed by atoms with Gasteiger partial charge in [0.15, 0.2) is 5.69 Å². The van der Waals surface area contributed by atoms with Gasteiger partial charge in [-0.2, -0.15) is 0 Å². The van der Waals surface area contributed by atoms with Gasteiger partial charge < -0.3 is 20.1 Å². The van der Waals surface area contributed by atoms with E-state index in [1.165, 1.54) is 0 Å². The molecule has 0 radical (unpaired) electrons. The van der Waals surface area contributed by atoms with Gasteiger partial charge in [0.25, 0.3) is 5.91 Å². The molecular weight excluding hydrogens is 344 g/mol. The quantitative estimate of drug-likeness (QED) is 0.824. The first-order valence-electron chi connectivity index (χ1n) is 10.4. The number of nitrogens with zero attached hydrogens (tertiary/aromatic N) is 2. The van der Waals surface area contributed by atoms with Crippen LogP contribution >= 0.6 is 0 Å². The lowest BCUT2D eigenvalue weighted by Crippen LogP contribution is -2.53. The molecular formula is C20H30N4O3. The molecule has 0 aromatic carbocycles. The molecule has 7 nitrogen and oxygen atoms in total. The topological polar surface area (TPSA) is 87.5 Å². The Kier molecular flexibility index (Phi) is 5.21. The first-order valence-corrected chi connectivity index (χ1v) is 10.4. The highest BCUT2D eigenvalue weighted by Gasteiger charge is 2.41. The van der Waals surface area contributed by atoms with Crippen molar-refractivity contribution in [3.05, 3.63) is 17.5 Å². The Labute approximate surface area is 160 Å². The van der Waals surface area contributed by atoms with Crippen molar-refractivity contribution in [3.63, 3.8) is 0 Å². The van der Waals surface area contributed by atoms with Crippen LogP contribution in [0.1, 0.15) is 74.0 Å². The van der Waals surface area contributed by atoms with Gasteiger partial charge in [0.1, 0.15) is 5.76 Å². The number of carbonyl (C=O) groups is 2. The van der Waals surface area contributed by atoms with Crippen molar-refractivity contribution in [1.29, 1.82) is 0 Å². The maximum atomic E-state index is 13.1. The summed E-state index contributed by atoms with van der Waals surface area (Å²) in [5, 5.41) is 10.3. The van der Waals surface area contributed by atoms with Gasteiger partial charge in [0, 0.05) is 31.1 Å². The van der Waals surface area contributed by atoms with Crippen LogP contribution in [-0.2, 0) is 4.79 Å². The molecule has 148 valence electrons. The standard InChI is InChI=1S/C20H30N4O3/c1-2-20(7-9-21-10-8-20)19(26)24-11-5-15(6-12-24)22-18(25)16-13-17(27-23-16)14-3-4-14/h13-15,21H,2-12H2,1H3,(H,22,25). The van der Waals surface area contributed by atoms with E-state index < -0.39 is 0 Å². The van der Waals surface area contributed by atoms with Gasteiger partial charge in [0.2, 0.25) is 5.91 Å². The fourth-order valence-electron chi connectivity index (χ4n) is 4.40. The second kappa shape index (κ2) is 7.62. The summed E-state index contributed by atoms with van der Waals surface area (Å²) in [7, 11) is 0. The summed E-state index contributed by atoms with van der Waals surface area (Å²) >= 11 is 0. The molecule has 3 heterocycles. The van der Waals surface area contributed by atoms with Crippen molar-refractivity contribution >= 4 is 11.8 Å². The number of aromatic nitrogens is 1. The highest BCUT2D eigenvalue weighted by molar-refractivity contribution is 5.92. The smallest absolute Gasteiger partial charge is 0.273 e. The predicted octanol–water partition coefficient (Wildman–Crippen LogP) is 2.05. The van der Waals surface area contributed by atoms with Crippen molar-refractivity contribution in [3.8, 4) is 0 Å². The summed E-state index contributed by atoms with van der Waals surface area (Å²) in [6.07, 6.45) is 6.59. The number of likely N-dealkylation sites (tertiary alicyclic amines) is 1. The minimum atomic E-state index is -0.193. The lowest BCUT2D eigenvalue weighted by Gasteiger charge is -2.42. The van der Waals surface area contributed by atoms with Crippen LogP contribution in [-0.4, -0.2) is 54.1 Å². The highest BCUT2D eigenvalue weighted by Crippen LogP contribution is 2.40. The zero-order chi connectivity index (χ0) is 18.9. The van der Waals surface area contributed by atoms with E-state index in [0.717, 1.165) is 63.8 Å². The van der Waals surface area contributed by atoms with Gasteiger partial charge >= 0.3 is 0 Å². The van der Waals surface area contributed by atoms with Gasteiger partial charge in [-0.25, -0.2) is 0 Å². The third-order valence-electron chi connectivity index (χ3n) is 6.55. The molecule has 7 heteroatoms. The summed E-state index contributed by atoms with van der Waals surface area (Å²) in [6.45, 7) is 5.40. The third kappa shape index (κ3) is 3.88. The van der Waals surface area contributed by atoms with E-state index in [9.17, 15) is 9.59 Å². The summed E-state index contributed by atoms with van der Waals surface area (Å²) in [4.78, 5) is 27.5. The Bertz CT molecular complexity index is 683. The maximum absolute atomic E-state index is 13.1. The van der Waals surface area contributed by atoms with E-state index in [0.29, 0.717) is 30.6 Å². The SMILES string of the molecule is CCC1(C(=O)N2CCC(NC(=O)c3cc(C4CC4)on3)CC2)CCNCC1. The Morgan fingerprint density at radius 3 is 2.59 bits per heavy atom. The summed E-state index contributed by atoms with van der Waals surface area (Å²) in [5.41, 5.74) is 0.177. The van der Waals surface area contributed by atoms with E-state index in [1.54, 1.807) is 6.07 Å². The molecule has 1 saturated carbocycles. The lowest BCUT2D eigenvalue weighted by atomic mass is 9.75. The van der Waals surface area contributed by atoms with Gasteiger partial charge in [-0.05, 0) is 58.0 Å². The van der Waals surface area contributed by atoms with Crippen LogP contribution in [0.2, 0.25) is 0 Å². The van der Waals surface area contributed by atoms with Gasteiger partial charge in [-0.1, -0.05) is 12.1 Å². The lowest BCUT2D eigenvalue weighted by molar-refractivity contribution is -0.145. The molecule has 0 unspecified atom stereocenters. The van der Waals surface area contributed by atoms with Gasteiger partial charge in [0.05, 0.1) is 5.41 Å². The fourth-order valence-corrected chi connectivity index (χ4v) is 4.40. The number of carbonyl (C=O) groups excluding carboxylic acids is 2. The molecule has 2 saturated heterocycles. The van der Waals surface area contributed by atoms with E-state index in [1.807, 2.05) is 4.90 Å². The zero-order valence-corrected chi connectivity index (χ0v) is 16.1. The van der Waals surface area contributed by atoms with Crippen molar-refractivity contribution in [1.82, 2.24) is 20.7 Å². The van der Waals surface area contributed by atoms with Crippen LogP contribution in [0.4, 0.5) is 0 Å². The van der Waals surface area contributed by atoms with Crippen LogP contribution in [0.25, 0.3) is 0 Å². The minimum Gasteiger partial charge on any atom is -0.360 e. The molecule has 3 fully saturated rings. The van der Waals surface area contributed by atoms with Crippen molar-refractivity contribution < 1.29 is 14.1 Å². The number of hydrogen-bond donors (Lipinski definition) is 2. The van der Waals surface area contributed by atoms with Crippen LogP contribution in [0.15, 0.2) is 10.6 Å². The van der Waals surface area contributed by atoms with Crippen molar-refractivity contribution in [2.24, 2.45) is 5.41 Å². The largest absolute Gasteiger partial charge is 0.360 e. The minimum absolute atomic E-state index is 0.0909. The van der Waals surface area contributed by atoms with Gasteiger partial charge in [-0.3, -0.25) is 9.59 Å². The Morgan fingerprint density at radius 2 is 1.96 bits per heavy atom. The Hall–Kier alpha value is -1.89. The second-order valence-electron chi connectivity index (χ2n) is 8.31. The van der Waals surface area contributed by atoms with Crippen LogP contribution in [0.3, 0.4) is 0 Å². The Balaban J connectivity index is 1.29. The van der Waals surface area contributed by atoms with E-state index in [2.05, 4.69) is 22.7 Å². The molecule has 1 aromatic heterocycles. The van der Waals surface area contributed by atoms with Crippen LogP contribution < -0.4 is 10.6 Å². The van der Waals surface area contributed by atoms with Gasteiger partial charge in [-0.15, -0.1) is 0 Å². The van der Waals surface area contributed by atoms with Crippen LogP contribution in [0.5, 0.6) is 0 Å². The molecule has 0 spiro atoms. The molecule has 2 amide bonds. The predicted molar refractivity (Wildman–Crippen MR) is 100 cm³/mol. The number of rotatable bonds is 5. The first kappa shape index (κ1) is 18.5. The number of amides is 2. The Morgan fingerprint density at radius 1 is 1.26 bits per heavy atom. The number of nitrogens with one attached hydrogen (secondary N) is 2. The maximum Gasteiger partial charge on any atom is 0.273 e. The molecule has 27 heavy (non-hydrogen) atoms. The van der Waals surface area contributed by atoms with E-state index in [-0.39, 0.29) is 17.4 Å². The fraction of sp³-hybridized carbons (Fsp3) is 0.750. The van der Waals surface area contributed by atoms with E-state index in [4.69, 9.17) is 4.52 Å². The van der Waals surface area contributed by atoms with Crippen molar-refractivity contribution in [2.45, 2.75) is 63.8 Å². The summed E-state index contributed by atoms with van der Waals surface area (Å²) in [6, 6.07) is 1.86. The monoisotopic (exact) mass is 374 g/mol. The first-order chi connectivity index (χ1) is 13.1. The average Bonchev–Trinajstić information content (AvgIpc) is 3.45. The average molecular weight is 374 g/mol. The molecule has 1 aliphatic carbocycles. The highest BCUT2D eigenvalue weighted by atomic mass is 16.5. The molecule has 2 N–H and O–H groups in total. The molecule has 2 aliphatic heterocycles. The number of hydrogen-bond acceptors (Lipinski definition) is 5. The number of piperidine rings is 2. The zero-order valence-electron chi connectivity index (χ0n) is 16.1. The van der Waals surface area contributed by atoms with Crippen molar-refractivity contribution in [2.75, 3.05) is 26.2 Å². The molecule has 1 aromatic rings. The molecule has 3 aliphatic rings. The summed E-state index contributed by atoms with van der Waals surface area (Å²) < 4.78 is 5.27. The molecule has 0 atom stereocenters. The molecule has 0 bridgehead atoms. The van der Waals surface area contributed by atoms with Crippen LogP contribution in [0, 0.1) is 5.41 Å². The molecule has 4 rings (SSSR count). The summed E-state index contributed by atoms with van der Waals surface area (Å²) in [5.74, 6) is 1.42. The third-order valence-corrected chi connectivity index (χ3v) is 6.55. The second-order valence-corrected chi connectivity index (χ2v) is 8.31.